The minimum atomic E-state index is -3.65. The minimum Gasteiger partial charge on any atom is -0.383 e. The van der Waals surface area contributed by atoms with E-state index < -0.39 is 16.1 Å². The topological polar surface area (TPSA) is 105 Å². The summed E-state index contributed by atoms with van der Waals surface area (Å²) < 4.78 is 32.3. The molecular weight excluding hydrogens is 474 g/mol. The minimum absolute atomic E-state index is 0.181. The van der Waals surface area contributed by atoms with Gasteiger partial charge in [0.15, 0.2) is 0 Å². The number of hydrogen-bond donors (Lipinski definition) is 2. The molecule has 0 saturated carbocycles. The first-order valence-corrected chi connectivity index (χ1v) is 12.9. The van der Waals surface area contributed by atoms with Crippen LogP contribution in [0.15, 0.2) is 46.7 Å². The Morgan fingerprint density at radius 1 is 1.22 bits per heavy atom. The van der Waals surface area contributed by atoms with Crippen molar-refractivity contribution in [3.63, 3.8) is 0 Å². The Hall–Kier alpha value is -1.98. The number of halogens is 1. The van der Waals surface area contributed by atoms with Crippen molar-refractivity contribution in [2.75, 3.05) is 33.4 Å². The molecule has 0 bridgehead atoms. The Bertz CT molecular complexity index is 1000. The van der Waals surface area contributed by atoms with Crippen LogP contribution in [0.4, 0.5) is 0 Å². The van der Waals surface area contributed by atoms with Gasteiger partial charge in [-0.05, 0) is 54.5 Å². The van der Waals surface area contributed by atoms with E-state index in [1.165, 1.54) is 27.8 Å². The lowest BCUT2D eigenvalue weighted by atomic mass is 9.89. The molecule has 0 unspecified atom stereocenters. The quantitative estimate of drug-likeness (QED) is 0.515. The average molecular weight is 500 g/mol. The van der Waals surface area contributed by atoms with Crippen molar-refractivity contribution in [2.24, 2.45) is 5.92 Å². The molecule has 0 radical (unpaired) electrons. The van der Waals surface area contributed by atoms with Gasteiger partial charge in [-0.15, -0.1) is 11.3 Å². The molecule has 8 nitrogen and oxygen atoms in total. The molecule has 2 N–H and O–H groups in total. The van der Waals surface area contributed by atoms with Crippen LogP contribution in [-0.4, -0.2) is 63.9 Å². The van der Waals surface area contributed by atoms with Crippen LogP contribution in [0.2, 0.25) is 5.02 Å². The van der Waals surface area contributed by atoms with E-state index in [4.69, 9.17) is 16.3 Å². The number of nitrogens with zero attached hydrogens (tertiary/aromatic N) is 1. The first-order chi connectivity index (χ1) is 15.3. The fourth-order valence-corrected chi connectivity index (χ4v) is 5.83. The highest BCUT2D eigenvalue weighted by molar-refractivity contribution is 7.89. The molecule has 1 aromatic carbocycles. The van der Waals surface area contributed by atoms with E-state index >= 15 is 0 Å². The summed E-state index contributed by atoms with van der Waals surface area (Å²) in [5, 5.41) is 7.89. The number of hydrogen-bond acceptors (Lipinski definition) is 6. The molecule has 1 atom stereocenters. The molecule has 1 aliphatic heterocycles. The highest BCUT2D eigenvalue weighted by Gasteiger charge is 2.36. The van der Waals surface area contributed by atoms with Crippen LogP contribution >= 0.6 is 22.9 Å². The second-order valence-electron chi connectivity index (χ2n) is 7.41. The maximum Gasteiger partial charge on any atom is 0.262 e. The molecule has 2 amide bonds. The van der Waals surface area contributed by atoms with Crippen molar-refractivity contribution in [1.29, 1.82) is 0 Å². The summed E-state index contributed by atoms with van der Waals surface area (Å²) in [7, 11) is -2.11. The second-order valence-corrected chi connectivity index (χ2v) is 10.7. The summed E-state index contributed by atoms with van der Waals surface area (Å²) in [5.74, 6) is -0.813. The third kappa shape index (κ3) is 6.08. The first kappa shape index (κ1) is 24.7. The zero-order chi connectivity index (χ0) is 23.1. The number of piperidine rings is 1. The van der Waals surface area contributed by atoms with E-state index in [0.29, 0.717) is 35.9 Å². The number of ether oxygens (including phenoxy) is 1. The molecule has 2 aromatic rings. The van der Waals surface area contributed by atoms with Crippen LogP contribution in [0, 0.1) is 5.92 Å². The molecule has 32 heavy (non-hydrogen) atoms. The zero-order valence-corrected chi connectivity index (χ0v) is 20.0. The lowest BCUT2D eigenvalue weighted by Crippen LogP contribution is -2.54. The molecule has 1 saturated heterocycles. The van der Waals surface area contributed by atoms with E-state index in [-0.39, 0.29) is 35.7 Å². The van der Waals surface area contributed by atoms with Gasteiger partial charge in [-0.1, -0.05) is 17.7 Å². The fraction of sp³-hybridized carbons (Fsp3) is 0.429. The Balaban J connectivity index is 1.69. The van der Waals surface area contributed by atoms with Crippen molar-refractivity contribution in [1.82, 2.24) is 14.9 Å². The second kappa shape index (κ2) is 11.2. The standard InChI is InChI=1S/C21H26ClN3O5S2/c1-30-13-10-23-21(27)19(24-20(26)18-3-2-14-31-18)15-8-11-25(12-9-15)32(28,29)17-6-4-16(22)5-7-17/h2-7,14-15,19H,8-13H2,1H3,(H,23,27)(H,24,26)/t19-/m0/s1. The number of amides is 2. The van der Waals surface area contributed by atoms with E-state index in [9.17, 15) is 18.0 Å². The highest BCUT2D eigenvalue weighted by Crippen LogP contribution is 2.27. The summed E-state index contributed by atoms with van der Waals surface area (Å²) in [6.07, 6.45) is 0.889. The molecule has 0 spiro atoms. The predicted molar refractivity (Wildman–Crippen MR) is 123 cm³/mol. The predicted octanol–water partition coefficient (Wildman–Crippen LogP) is 2.36. The number of methoxy groups -OCH3 is 1. The van der Waals surface area contributed by atoms with Crippen molar-refractivity contribution >= 4 is 44.8 Å². The summed E-state index contributed by atoms with van der Waals surface area (Å²) in [6, 6.07) is 8.76. The summed E-state index contributed by atoms with van der Waals surface area (Å²) in [5.41, 5.74) is 0. The van der Waals surface area contributed by atoms with Gasteiger partial charge in [0.1, 0.15) is 6.04 Å². The number of carbonyl (C=O) groups is 2. The Morgan fingerprint density at radius 3 is 2.50 bits per heavy atom. The third-order valence-corrected chi connectivity index (χ3v) is 8.37. The van der Waals surface area contributed by atoms with Crippen LogP contribution < -0.4 is 10.6 Å². The molecule has 1 fully saturated rings. The molecule has 3 rings (SSSR count). The van der Waals surface area contributed by atoms with E-state index in [0.717, 1.165) is 0 Å². The number of benzene rings is 1. The Labute approximate surface area is 196 Å². The van der Waals surface area contributed by atoms with Crippen LogP contribution in [0.25, 0.3) is 0 Å². The molecular formula is C21H26ClN3O5S2. The van der Waals surface area contributed by atoms with Gasteiger partial charge in [0.2, 0.25) is 15.9 Å². The number of thiophene rings is 1. The maximum atomic E-state index is 12.9. The van der Waals surface area contributed by atoms with Crippen LogP contribution in [0.5, 0.6) is 0 Å². The van der Waals surface area contributed by atoms with Gasteiger partial charge in [0.25, 0.3) is 5.91 Å². The number of carbonyl (C=O) groups excluding carboxylic acids is 2. The normalized spacial score (nSPS) is 16.4. The van der Waals surface area contributed by atoms with Crippen molar-refractivity contribution in [3.8, 4) is 0 Å². The summed E-state index contributed by atoms with van der Waals surface area (Å²) >= 11 is 7.16. The lowest BCUT2D eigenvalue weighted by molar-refractivity contribution is -0.124. The van der Waals surface area contributed by atoms with Crippen molar-refractivity contribution in [2.45, 2.75) is 23.8 Å². The monoisotopic (exact) mass is 499 g/mol. The first-order valence-electron chi connectivity index (χ1n) is 10.2. The molecule has 0 aliphatic carbocycles. The fourth-order valence-electron chi connectivity index (χ4n) is 3.61. The zero-order valence-electron chi connectivity index (χ0n) is 17.6. The van der Waals surface area contributed by atoms with E-state index in [1.54, 1.807) is 36.8 Å². The van der Waals surface area contributed by atoms with Gasteiger partial charge in [-0.3, -0.25) is 9.59 Å². The van der Waals surface area contributed by atoms with Crippen molar-refractivity contribution < 1.29 is 22.7 Å². The van der Waals surface area contributed by atoms with Crippen molar-refractivity contribution in [3.05, 3.63) is 51.7 Å². The highest BCUT2D eigenvalue weighted by atomic mass is 35.5. The maximum absolute atomic E-state index is 12.9. The number of sulfonamides is 1. The lowest BCUT2D eigenvalue weighted by Gasteiger charge is -2.35. The van der Waals surface area contributed by atoms with Gasteiger partial charge < -0.3 is 15.4 Å². The largest absolute Gasteiger partial charge is 0.383 e. The number of rotatable bonds is 9. The molecule has 11 heteroatoms. The van der Waals surface area contributed by atoms with Crippen LogP contribution in [0.3, 0.4) is 0 Å². The molecule has 1 aromatic heterocycles. The van der Waals surface area contributed by atoms with Crippen LogP contribution in [0.1, 0.15) is 22.5 Å². The Morgan fingerprint density at radius 2 is 1.91 bits per heavy atom. The smallest absolute Gasteiger partial charge is 0.262 e. The van der Waals surface area contributed by atoms with Gasteiger partial charge in [0, 0.05) is 31.8 Å². The average Bonchev–Trinajstić information content (AvgIpc) is 3.33. The van der Waals surface area contributed by atoms with Gasteiger partial charge in [0.05, 0.1) is 16.4 Å². The van der Waals surface area contributed by atoms with Crippen LogP contribution in [-0.2, 0) is 19.6 Å². The molecule has 2 heterocycles. The SMILES string of the molecule is COCCNC(=O)[C@@H](NC(=O)c1cccs1)C1CCN(S(=O)(=O)c2ccc(Cl)cc2)CC1. The van der Waals surface area contributed by atoms with E-state index in [1.807, 2.05) is 0 Å². The third-order valence-electron chi connectivity index (χ3n) is 5.34. The number of nitrogens with one attached hydrogen (secondary N) is 2. The van der Waals surface area contributed by atoms with E-state index in [2.05, 4.69) is 10.6 Å². The molecule has 174 valence electrons. The summed E-state index contributed by atoms with van der Waals surface area (Å²) in [4.78, 5) is 26.1. The van der Waals surface area contributed by atoms with Gasteiger partial charge in [-0.25, -0.2) is 8.42 Å². The summed E-state index contributed by atoms with van der Waals surface area (Å²) in [6.45, 7) is 1.19. The van der Waals surface area contributed by atoms with Gasteiger partial charge in [-0.2, -0.15) is 4.31 Å². The van der Waals surface area contributed by atoms with Gasteiger partial charge >= 0.3 is 0 Å². The Kier molecular flexibility index (Phi) is 8.66. The molecule has 1 aliphatic rings.